The molecule has 0 unspecified atom stereocenters. The van der Waals surface area contributed by atoms with Crippen molar-refractivity contribution in [1.29, 1.82) is 0 Å². The number of Topliss-reactive ketones (excluding diaryl/α,β-unsaturated/α-hetero) is 1. The van der Waals surface area contributed by atoms with E-state index in [0.29, 0.717) is 12.5 Å². The molecule has 1 aromatic heterocycles. The van der Waals surface area contributed by atoms with Crippen LogP contribution in [0.15, 0.2) is 36.7 Å². The molecule has 25 heavy (non-hydrogen) atoms. The van der Waals surface area contributed by atoms with Crippen molar-refractivity contribution in [1.82, 2.24) is 14.5 Å². The number of aromatic nitrogens is 2. The minimum Gasteiger partial charge on any atom is -0.497 e. The molecule has 5 heteroatoms. The van der Waals surface area contributed by atoms with E-state index in [0.717, 1.165) is 56.0 Å². The molecule has 0 amide bonds. The number of nitrogens with zero attached hydrogens (tertiary/aromatic N) is 3. The number of ether oxygens (including phenoxy) is 1. The van der Waals surface area contributed by atoms with E-state index in [4.69, 9.17) is 4.74 Å². The molecule has 1 aromatic carbocycles. The van der Waals surface area contributed by atoms with Crippen LogP contribution in [-0.4, -0.2) is 47.0 Å². The normalized spacial score (nSPS) is 16.1. The first-order chi connectivity index (χ1) is 12.2. The third-order valence-corrected chi connectivity index (χ3v) is 5.06. The molecule has 0 saturated carbocycles. The summed E-state index contributed by atoms with van der Waals surface area (Å²) in [6.45, 7) is 5.67. The van der Waals surface area contributed by atoms with E-state index >= 15 is 0 Å². The van der Waals surface area contributed by atoms with Crippen LogP contribution in [0.3, 0.4) is 0 Å². The molecular formula is C20H27N3O2. The number of aryl methyl sites for hydroxylation is 1. The Morgan fingerprint density at radius 2 is 1.96 bits per heavy atom. The molecule has 0 bridgehead atoms. The van der Waals surface area contributed by atoms with Gasteiger partial charge in [0.15, 0.2) is 5.78 Å². The molecule has 1 saturated heterocycles. The van der Waals surface area contributed by atoms with E-state index in [1.807, 2.05) is 30.5 Å². The van der Waals surface area contributed by atoms with Gasteiger partial charge in [0.1, 0.15) is 11.6 Å². The van der Waals surface area contributed by atoms with E-state index in [1.54, 1.807) is 7.11 Å². The van der Waals surface area contributed by atoms with Gasteiger partial charge in [0.2, 0.25) is 0 Å². The fourth-order valence-corrected chi connectivity index (χ4v) is 3.50. The lowest BCUT2D eigenvalue weighted by Gasteiger charge is -2.31. The number of ketones is 1. The molecular weight excluding hydrogens is 314 g/mol. The summed E-state index contributed by atoms with van der Waals surface area (Å²) in [7, 11) is 1.63. The summed E-state index contributed by atoms with van der Waals surface area (Å²) in [6, 6.07) is 7.38. The summed E-state index contributed by atoms with van der Waals surface area (Å²) >= 11 is 0. The van der Waals surface area contributed by atoms with Crippen molar-refractivity contribution in [3.63, 3.8) is 0 Å². The predicted molar refractivity (Wildman–Crippen MR) is 98.1 cm³/mol. The van der Waals surface area contributed by atoms with E-state index < -0.39 is 0 Å². The van der Waals surface area contributed by atoms with E-state index in [-0.39, 0.29) is 5.78 Å². The Kier molecular flexibility index (Phi) is 5.87. The summed E-state index contributed by atoms with van der Waals surface area (Å²) in [6.07, 6.45) is 7.22. The predicted octanol–water partition coefficient (Wildman–Crippen LogP) is 3.05. The molecule has 0 aliphatic carbocycles. The quantitative estimate of drug-likeness (QED) is 0.726. The number of hydrogen-bond acceptors (Lipinski definition) is 4. The van der Waals surface area contributed by atoms with Crippen LogP contribution in [-0.2, 0) is 13.0 Å². The largest absolute Gasteiger partial charge is 0.497 e. The lowest BCUT2D eigenvalue weighted by molar-refractivity contribution is 0.0890. The third-order valence-electron chi connectivity index (χ3n) is 5.06. The number of benzene rings is 1. The molecule has 0 radical (unpaired) electrons. The summed E-state index contributed by atoms with van der Waals surface area (Å²) in [4.78, 5) is 19.1. The number of carbonyl (C=O) groups is 1. The topological polar surface area (TPSA) is 47.4 Å². The highest BCUT2D eigenvalue weighted by Gasteiger charge is 2.22. The average Bonchev–Trinajstić information content (AvgIpc) is 3.10. The smallest absolute Gasteiger partial charge is 0.176 e. The number of rotatable bonds is 7. The lowest BCUT2D eigenvalue weighted by atomic mass is 9.96. The second kappa shape index (κ2) is 8.30. The van der Waals surface area contributed by atoms with Crippen molar-refractivity contribution >= 4 is 5.78 Å². The van der Waals surface area contributed by atoms with E-state index in [2.05, 4.69) is 27.6 Å². The molecule has 2 heterocycles. The zero-order chi connectivity index (χ0) is 17.6. The Labute approximate surface area is 149 Å². The van der Waals surface area contributed by atoms with Crippen LogP contribution in [0.5, 0.6) is 5.75 Å². The second-order valence-corrected chi connectivity index (χ2v) is 6.72. The van der Waals surface area contributed by atoms with Crippen LogP contribution in [0.25, 0.3) is 0 Å². The maximum atomic E-state index is 12.4. The lowest BCUT2D eigenvalue weighted by Crippen LogP contribution is -2.38. The highest BCUT2D eigenvalue weighted by Crippen LogP contribution is 2.20. The monoisotopic (exact) mass is 341 g/mol. The fourth-order valence-electron chi connectivity index (χ4n) is 3.50. The van der Waals surface area contributed by atoms with Gasteiger partial charge in [-0.15, -0.1) is 0 Å². The Bertz CT molecular complexity index is 685. The van der Waals surface area contributed by atoms with Gasteiger partial charge in [-0.1, -0.05) is 6.92 Å². The number of methoxy groups -OCH3 is 1. The first kappa shape index (κ1) is 17.7. The van der Waals surface area contributed by atoms with Gasteiger partial charge in [0, 0.05) is 30.9 Å². The summed E-state index contributed by atoms with van der Waals surface area (Å²) < 4.78 is 7.42. The molecule has 3 rings (SSSR count). The van der Waals surface area contributed by atoms with Crippen LogP contribution < -0.4 is 4.74 Å². The van der Waals surface area contributed by atoms with Crippen molar-refractivity contribution in [2.45, 2.75) is 32.7 Å². The van der Waals surface area contributed by atoms with Gasteiger partial charge >= 0.3 is 0 Å². The third kappa shape index (κ3) is 4.48. The number of carbonyl (C=O) groups excluding carboxylic acids is 1. The van der Waals surface area contributed by atoms with Crippen LogP contribution in [0.4, 0.5) is 0 Å². The van der Waals surface area contributed by atoms with Gasteiger partial charge in [0.05, 0.1) is 13.7 Å². The van der Waals surface area contributed by atoms with Crippen LogP contribution in [0, 0.1) is 5.92 Å². The minimum atomic E-state index is 0.184. The standard InChI is InChI=1S/C20H27N3O2/c1-3-20-21-10-13-23(20)14-16-8-11-22(12-9-16)15-19(24)17-4-6-18(25-2)7-5-17/h4-7,10,13,16H,3,8-9,11-12,14-15H2,1-2H3. The molecule has 134 valence electrons. The first-order valence-electron chi connectivity index (χ1n) is 9.09. The molecule has 0 spiro atoms. The van der Waals surface area contributed by atoms with Crippen molar-refractivity contribution < 1.29 is 9.53 Å². The molecule has 0 atom stereocenters. The first-order valence-corrected chi connectivity index (χ1v) is 9.09. The number of hydrogen-bond donors (Lipinski definition) is 0. The molecule has 1 aliphatic heterocycles. The molecule has 5 nitrogen and oxygen atoms in total. The van der Waals surface area contributed by atoms with E-state index in [9.17, 15) is 4.79 Å². The highest BCUT2D eigenvalue weighted by molar-refractivity contribution is 5.97. The zero-order valence-electron chi connectivity index (χ0n) is 15.1. The number of piperidine rings is 1. The van der Waals surface area contributed by atoms with Gasteiger partial charge in [-0.2, -0.15) is 0 Å². The summed E-state index contributed by atoms with van der Waals surface area (Å²) in [5.41, 5.74) is 0.758. The molecule has 0 N–H and O–H groups in total. The van der Waals surface area contributed by atoms with Crippen LogP contribution in [0.1, 0.15) is 35.9 Å². The Morgan fingerprint density at radius 3 is 2.60 bits per heavy atom. The summed E-state index contributed by atoms with van der Waals surface area (Å²) in [5.74, 6) is 2.80. The number of likely N-dealkylation sites (tertiary alicyclic amines) is 1. The Balaban J connectivity index is 1.48. The van der Waals surface area contributed by atoms with Crippen LogP contribution in [0.2, 0.25) is 0 Å². The fraction of sp³-hybridized carbons (Fsp3) is 0.500. The van der Waals surface area contributed by atoms with Gasteiger partial charge in [0.25, 0.3) is 0 Å². The van der Waals surface area contributed by atoms with Crippen molar-refractivity contribution in [2.24, 2.45) is 5.92 Å². The van der Waals surface area contributed by atoms with Crippen LogP contribution >= 0.6 is 0 Å². The van der Waals surface area contributed by atoms with Crippen molar-refractivity contribution in [2.75, 3.05) is 26.7 Å². The van der Waals surface area contributed by atoms with Gasteiger partial charge < -0.3 is 9.30 Å². The highest BCUT2D eigenvalue weighted by atomic mass is 16.5. The van der Waals surface area contributed by atoms with Crippen molar-refractivity contribution in [3.05, 3.63) is 48.0 Å². The maximum absolute atomic E-state index is 12.4. The second-order valence-electron chi connectivity index (χ2n) is 6.72. The SMILES string of the molecule is CCc1nccn1CC1CCN(CC(=O)c2ccc(OC)cc2)CC1. The minimum absolute atomic E-state index is 0.184. The van der Waals surface area contributed by atoms with E-state index in [1.165, 1.54) is 0 Å². The summed E-state index contributed by atoms with van der Waals surface area (Å²) in [5, 5.41) is 0. The van der Waals surface area contributed by atoms with Gasteiger partial charge in [-0.25, -0.2) is 4.98 Å². The zero-order valence-corrected chi connectivity index (χ0v) is 15.1. The Hall–Kier alpha value is -2.14. The molecule has 2 aromatic rings. The molecule has 1 aliphatic rings. The van der Waals surface area contributed by atoms with Gasteiger partial charge in [-0.3, -0.25) is 9.69 Å². The van der Waals surface area contributed by atoms with Gasteiger partial charge in [-0.05, 0) is 56.1 Å². The van der Waals surface area contributed by atoms with Crippen molar-refractivity contribution in [3.8, 4) is 5.75 Å². The molecule has 1 fully saturated rings. The average molecular weight is 341 g/mol. The Morgan fingerprint density at radius 1 is 1.24 bits per heavy atom. The maximum Gasteiger partial charge on any atom is 0.176 e. The number of imidazole rings is 1.